The molecule has 0 atom stereocenters. The summed E-state index contributed by atoms with van der Waals surface area (Å²) in [4.78, 5) is 28.7. The zero-order valence-electron chi connectivity index (χ0n) is 19.9. The zero-order valence-corrected chi connectivity index (χ0v) is 19.9. The summed E-state index contributed by atoms with van der Waals surface area (Å²) in [5, 5.41) is 9.07. The number of anilines is 2. The van der Waals surface area contributed by atoms with Crippen LogP contribution in [0.25, 0.3) is 0 Å². The molecule has 2 aromatic rings. The maximum absolute atomic E-state index is 13.2. The molecule has 1 fully saturated rings. The number of carbonyl (C=O) groups excluding carboxylic acids is 1. The first kappa shape index (κ1) is 23.7. The highest BCUT2D eigenvalue weighted by Crippen LogP contribution is 2.21. The first-order valence-corrected chi connectivity index (χ1v) is 11.4. The summed E-state index contributed by atoms with van der Waals surface area (Å²) >= 11 is 0. The lowest BCUT2D eigenvalue weighted by atomic mass is 10.1. The van der Waals surface area contributed by atoms with Crippen molar-refractivity contribution in [3.05, 3.63) is 46.9 Å². The number of hydrogen-bond acceptors (Lipinski definition) is 6. The summed E-state index contributed by atoms with van der Waals surface area (Å²) in [6, 6.07) is 10.3. The van der Waals surface area contributed by atoms with Gasteiger partial charge in [-0.05, 0) is 44.0 Å². The van der Waals surface area contributed by atoms with Gasteiger partial charge < -0.3 is 9.80 Å². The third-order valence-corrected chi connectivity index (χ3v) is 5.70. The van der Waals surface area contributed by atoms with E-state index in [1.54, 1.807) is 4.90 Å². The van der Waals surface area contributed by atoms with E-state index in [-0.39, 0.29) is 11.8 Å². The normalized spacial score (nSPS) is 14.5. The fraction of sp³-hybridized carbons (Fsp3) is 0.520. The highest BCUT2D eigenvalue weighted by atomic mass is 16.2. The predicted molar refractivity (Wildman–Crippen MR) is 128 cm³/mol. The number of rotatable bonds is 7. The fourth-order valence-corrected chi connectivity index (χ4v) is 4.07. The molecule has 32 heavy (non-hydrogen) atoms. The summed E-state index contributed by atoms with van der Waals surface area (Å²) in [6.07, 6.45) is 0.317. The van der Waals surface area contributed by atoms with E-state index in [1.807, 2.05) is 39.0 Å². The van der Waals surface area contributed by atoms with Crippen molar-refractivity contribution in [1.29, 1.82) is 5.26 Å². The van der Waals surface area contributed by atoms with Crippen LogP contribution in [0.3, 0.4) is 0 Å². The van der Waals surface area contributed by atoms with Crippen LogP contribution in [-0.2, 0) is 4.79 Å². The number of aryl methyl sites for hydroxylation is 3. The molecule has 1 aromatic carbocycles. The van der Waals surface area contributed by atoms with Gasteiger partial charge in [0.25, 0.3) is 0 Å². The van der Waals surface area contributed by atoms with Crippen LogP contribution < -0.4 is 9.80 Å². The van der Waals surface area contributed by atoms with E-state index >= 15 is 0 Å². The van der Waals surface area contributed by atoms with Crippen LogP contribution in [0.4, 0.5) is 11.5 Å². The van der Waals surface area contributed by atoms with E-state index in [1.165, 1.54) is 0 Å². The highest BCUT2D eigenvalue weighted by Gasteiger charge is 2.24. The average molecular weight is 435 g/mol. The Hall–Kier alpha value is -2.98. The Morgan fingerprint density at radius 1 is 1.06 bits per heavy atom. The minimum atomic E-state index is 0.0404. The maximum atomic E-state index is 13.2. The molecule has 7 nitrogen and oxygen atoms in total. The van der Waals surface area contributed by atoms with Gasteiger partial charge in [0.1, 0.15) is 11.6 Å². The van der Waals surface area contributed by atoms with Gasteiger partial charge in [-0.25, -0.2) is 9.97 Å². The second kappa shape index (κ2) is 10.6. The molecule has 170 valence electrons. The minimum Gasteiger partial charge on any atom is -0.354 e. The van der Waals surface area contributed by atoms with Gasteiger partial charge in [0.05, 0.1) is 19.0 Å². The van der Waals surface area contributed by atoms with Crippen LogP contribution in [0.15, 0.2) is 24.3 Å². The van der Waals surface area contributed by atoms with Crippen LogP contribution >= 0.6 is 0 Å². The molecule has 2 heterocycles. The Bertz CT molecular complexity index is 968. The van der Waals surface area contributed by atoms with E-state index in [2.05, 4.69) is 40.8 Å². The van der Waals surface area contributed by atoms with Gasteiger partial charge >= 0.3 is 0 Å². The van der Waals surface area contributed by atoms with Crippen LogP contribution in [-0.4, -0.2) is 60.0 Å². The van der Waals surface area contributed by atoms with Crippen molar-refractivity contribution in [2.45, 2.75) is 47.0 Å². The van der Waals surface area contributed by atoms with Crippen molar-refractivity contribution in [2.24, 2.45) is 0 Å². The monoisotopic (exact) mass is 434 g/mol. The van der Waals surface area contributed by atoms with Gasteiger partial charge in [-0.3, -0.25) is 9.69 Å². The first-order valence-electron chi connectivity index (χ1n) is 11.4. The van der Waals surface area contributed by atoms with Crippen molar-refractivity contribution in [2.75, 3.05) is 49.1 Å². The number of aromatic nitrogens is 2. The SMILES string of the molecule is Cc1cc(C)cc(N(CCC#N)C(=O)CN2CCN(c3cc(C)nc(C(C)C)n3)CC2)c1. The number of amides is 1. The van der Waals surface area contributed by atoms with Crippen LogP contribution in [0.1, 0.15) is 48.8 Å². The third kappa shape index (κ3) is 6.04. The molecular weight excluding hydrogens is 400 g/mol. The van der Waals surface area contributed by atoms with Crippen molar-refractivity contribution in [1.82, 2.24) is 14.9 Å². The molecule has 3 rings (SSSR count). The van der Waals surface area contributed by atoms with Crippen molar-refractivity contribution >= 4 is 17.4 Å². The number of carbonyl (C=O) groups is 1. The van der Waals surface area contributed by atoms with Gasteiger partial charge in [0, 0.05) is 56.1 Å². The quantitative estimate of drug-likeness (QED) is 0.663. The summed E-state index contributed by atoms with van der Waals surface area (Å²) in [6.45, 7) is 14.3. The minimum absolute atomic E-state index is 0.0404. The van der Waals surface area contributed by atoms with E-state index < -0.39 is 0 Å². The smallest absolute Gasteiger partial charge is 0.241 e. The molecule has 0 bridgehead atoms. The Balaban J connectivity index is 1.65. The lowest BCUT2D eigenvalue weighted by Gasteiger charge is -2.36. The Morgan fingerprint density at radius 3 is 2.31 bits per heavy atom. The second-order valence-corrected chi connectivity index (χ2v) is 8.94. The third-order valence-electron chi connectivity index (χ3n) is 5.70. The molecule has 1 saturated heterocycles. The Kier molecular flexibility index (Phi) is 7.81. The highest BCUT2D eigenvalue weighted by molar-refractivity contribution is 5.95. The van der Waals surface area contributed by atoms with Crippen molar-refractivity contribution < 1.29 is 4.79 Å². The number of hydrogen-bond donors (Lipinski definition) is 0. The summed E-state index contributed by atoms with van der Waals surface area (Å²) < 4.78 is 0. The lowest BCUT2D eigenvalue weighted by Crippen LogP contribution is -2.50. The molecule has 0 aliphatic carbocycles. The summed E-state index contributed by atoms with van der Waals surface area (Å²) in [5.41, 5.74) is 4.09. The zero-order chi connectivity index (χ0) is 23.3. The average Bonchev–Trinajstić information content (AvgIpc) is 2.73. The maximum Gasteiger partial charge on any atom is 0.241 e. The van der Waals surface area contributed by atoms with Crippen LogP contribution in [0, 0.1) is 32.1 Å². The molecule has 0 N–H and O–H groups in total. The van der Waals surface area contributed by atoms with E-state index in [4.69, 9.17) is 10.2 Å². The van der Waals surface area contributed by atoms with E-state index in [9.17, 15) is 4.79 Å². The van der Waals surface area contributed by atoms with Gasteiger partial charge in [0.15, 0.2) is 0 Å². The van der Waals surface area contributed by atoms with Gasteiger partial charge in [0.2, 0.25) is 5.91 Å². The van der Waals surface area contributed by atoms with Gasteiger partial charge in [-0.15, -0.1) is 0 Å². The van der Waals surface area contributed by atoms with Crippen LogP contribution in [0.2, 0.25) is 0 Å². The Morgan fingerprint density at radius 2 is 1.72 bits per heavy atom. The number of benzene rings is 1. The van der Waals surface area contributed by atoms with Crippen LogP contribution in [0.5, 0.6) is 0 Å². The van der Waals surface area contributed by atoms with Gasteiger partial charge in [-0.2, -0.15) is 5.26 Å². The molecule has 1 aliphatic rings. The molecule has 7 heteroatoms. The molecule has 1 amide bonds. The van der Waals surface area contributed by atoms with Gasteiger partial charge in [-0.1, -0.05) is 19.9 Å². The molecule has 0 radical (unpaired) electrons. The molecular formula is C25H34N6O. The van der Waals surface area contributed by atoms with E-state index in [0.29, 0.717) is 19.5 Å². The second-order valence-electron chi connectivity index (χ2n) is 8.94. The predicted octanol–water partition coefficient (Wildman–Crippen LogP) is 3.59. The number of nitriles is 1. The molecule has 1 aliphatic heterocycles. The topological polar surface area (TPSA) is 76.4 Å². The largest absolute Gasteiger partial charge is 0.354 e. The standard InChI is InChI=1S/C25H34N6O/c1-18(2)25-27-21(5)16-23(28-25)30-11-9-29(10-12-30)17-24(32)31(8-6-7-26)22-14-19(3)13-20(4)15-22/h13-16,18H,6,8-12,17H2,1-5H3. The van der Waals surface area contributed by atoms with Crippen molar-refractivity contribution in [3.8, 4) is 6.07 Å². The summed E-state index contributed by atoms with van der Waals surface area (Å²) in [5.74, 6) is 2.17. The van der Waals surface area contributed by atoms with Crippen molar-refractivity contribution in [3.63, 3.8) is 0 Å². The Labute approximate surface area is 191 Å². The first-order chi connectivity index (χ1) is 15.3. The molecule has 0 spiro atoms. The number of piperazine rings is 1. The molecule has 0 saturated carbocycles. The lowest BCUT2D eigenvalue weighted by molar-refractivity contribution is -0.119. The fourth-order valence-electron chi connectivity index (χ4n) is 4.07. The van der Waals surface area contributed by atoms with E-state index in [0.717, 1.165) is 60.3 Å². The summed E-state index contributed by atoms with van der Waals surface area (Å²) in [7, 11) is 0. The molecule has 0 unspecified atom stereocenters. The molecule has 1 aromatic heterocycles. The number of nitrogens with zero attached hydrogens (tertiary/aromatic N) is 6.